The van der Waals surface area contributed by atoms with Gasteiger partial charge in [0, 0.05) is 0 Å². The summed E-state index contributed by atoms with van der Waals surface area (Å²) in [6, 6.07) is 0. The molecule has 0 aromatic heterocycles. The molecule has 0 spiro atoms. The fraction of sp³-hybridized carbons (Fsp3) is 1.00. The lowest BCUT2D eigenvalue weighted by atomic mass is 9.75. The van der Waals surface area contributed by atoms with Crippen molar-refractivity contribution in [3.05, 3.63) is 0 Å². The van der Waals surface area contributed by atoms with E-state index in [2.05, 4.69) is 19.6 Å². The van der Waals surface area contributed by atoms with Crippen molar-refractivity contribution < 1.29 is 0 Å². The fourth-order valence-corrected chi connectivity index (χ4v) is 1.65. The van der Waals surface area contributed by atoms with Crippen LogP contribution in [0.25, 0.3) is 0 Å². The predicted molar refractivity (Wildman–Crippen MR) is 40.4 cm³/mol. The number of hydrogen-bond donors (Lipinski definition) is 1. The van der Waals surface area contributed by atoms with E-state index in [-0.39, 0.29) is 0 Å². The van der Waals surface area contributed by atoms with Crippen LogP contribution in [-0.4, -0.2) is 5.75 Å². The molecule has 1 aliphatic carbocycles. The van der Waals surface area contributed by atoms with E-state index in [4.69, 9.17) is 0 Å². The first-order chi connectivity index (χ1) is 3.86. The Morgan fingerprint density at radius 2 is 2.00 bits per heavy atom. The van der Waals surface area contributed by atoms with Gasteiger partial charge in [-0.1, -0.05) is 13.3 Å². The van der Waals surface area contributed by atoms with Gasteiger partial charge in [-0.25, -0.2) is 0 Å². The summed E-state index contributed by atoms with van der Waals surface area (Å²) in [6.45, 7) is 2.28. The summed E-state index contributed by atoms with van der Waals surface area (Å²) in [5.41, 5.74) is 0. The van der Waals surface area contributed by atoms with Crippen LogP contribution in [-0.2, 0) is 0 Å². The molecule has 1 heteroatoms. The van der Waals surface area contributed by atoms with E-state index in [9.17, 15) is 0 Å². The molecule has 0 heterocycles. The van der Waals surface area contributed by atoms with Crippen molar-refractivity contribution in [2.24, 2.45) is 11.8 Å². The van der Waals surface area contributed by atoms with E-state index in [1.54, 1.807) is 0 Å². The zero-order chi connectivity index (χ0) is 5.98. The Labute approximate surface area is 57.1 Å². The molecule has 1 fully saturated rings. The summed E-state index contributed by atoms with van der Waals surface area (Å²) >= 11 is 4.23. The second-order valence-corrected chi connectivity index (χ2v) is 3.16. The molecule has 1 saturated carbocycles. The SMILES string of the molecule is CCC1CC(CS)C1. The molecule has 0 unspecified atom stereocenters. The monoisotopic (exact) mass is 130 g/mol. The number of rotatable bonds is 2. The highest BCUT2D eigenvalue weighted by Gasteiger charge is 2.25. The zero-order valence-electron chi connectivity index (χ0n) is 5.43. The minimum atomic E-state index is 0.961. The van der Waals surface area contributed by atoms with Gasteiger partial charge in [0.1, 0.15) is 0 Å². The first-order valence-electron chi connectivity index (χ1n) is 3.47. The van der Waals surface area contributed by atoms with Crippen LogP contribution in [0.3, 0.4) is 0 Å². The van der Waals surface area contributed by atoms with Gasteiger partial charge in [-0.15, -0.1) is 0 Å². The fourth-order valence-electron chi connectivity index (χ4n) is 1.36. The molecule has 0 N–H and O–H groups in total. The summed E-state index contributed by atoms with van der Waals surface area (Å²) in [7, 11) is 0. The van der Waals surface area contributed by atoms with E-state index in [0.29, 0.717) is 0 Å². The molecule has 1 rings (SSSR count). The predicted octanol–water partition coefficient (Wildman–Crippen LogP) is 2.35. The summed E-state index contributed by atoms with van der Waals surface area (Å²) < 4.78 is 0. The van der Waals surface area contributed by atoms with E-state index in [1.165, 1.54) is 19.3 Å². The molecule has 48 valence electrons. The maximum absolute atomic E-state index is 4.23. The molecule has 0 nitrogen and oxygen atoms in total. The van der Waals surface area contributed by atoms with Gasteiger partial charge in [-0.2, -0.15) is 12.6 Å². The summed E-state index contributed by atoms with van der Waals surface area (Å²) in [5.74, 6) is 3.12. The quantitative estimate of drug-likeness (QED) is 0.545. The molecule has 8 heavy (non-hydrogen) atoms. The average molecular weight is 130 g/mol. The average Bonchev–Trinajstić information content (AvgIpc) is 1.65. The van der Waals surface area contributed by atoms with Gasteiger partial charge in [0.05, 0.1) is 0 Å². The lowest BCUT2D eigenvalue weighted by Gasteiger charge is -2.33. The molecule has 0 amide bonds. The van der Waals surface area contributed by atoms with Gasteiger partial charge >= 0.3 is 0 Å². The van der Waals surface area contributed by atoms with Crippen LogP contribution in [0, 0.1) is 11.8 Å². The van der Waals surface area contributed by atoms with Crippen molar-refractivity contribution in [3.63, 3.8) is 0 Å². The second-order valence-electron chi connectivity index (χ2n) is 2.79. The molecule has 0 atom stereocenters. The third-order valence-electron chi connectivity index (χ3n) is 2.17. The van der Waals surface area contributed by atoms with Crippen LogP contribution in [0.5, 0.6) is 0 Å². The largest absolute Gasteiger partial charge is 0.179 e. The third kappa shape index (κ3) is 1.19. The van der Waals surface area contributed by atoms with Crippen molar-refractivity contribution in [2.75, 3.05) is 5.75 Å². The lowest BCUT2D eigenvalue weighted by Crippen LogP contribution is -2.23. The Hall–Kier alpha value is 0.350. The molecule has 1 aliphatic rings. The van der Waals surface area contributed by atoms with Crippen LogP contribution in [0.2, 0.25) is 0 Å². The van der Waals surface area contributed by atoms with Gasteiger partial charge in [0.15, 0.2) is 0 Å². The van der Waals surface area contributed by atoms with Crippen LogP contribution in [0.15, 0.2) is 0 Å². The standard InChI is InChI=1S/C7H14S/c1-2-6-3-7(4-6)5-8/h6-8H,2-5H2,1H3. The summed E-state index contributed by atoms with van der Waals surface area (Å²) in [5, 5.41) is 0. The Bertz CT molecular complexity index is 56.8. The molecular formula is C7H14S. The number of thiol groups is 1. The van der Waals surface area contributed by atoms with Crippen molar-refractivity contribution in [1.29, 1.82) is 0 Å². The number of hydrogen-bond acceptors (Lipinski definition) is 1. The third-order valence-corrected chi connectivity index (χ3v) is 2.69. The zero-order valence-corrected chi connectivity index (χ0v) is 6.32. The minimum Gasteiger partial charge on any atom is -0.179 e. The molecule has 0 saturated heterocycles. The lowest BCUT2D eigenvalue weighted by molar-refractivity contribution is 0.211. The van der Waals surface area contributed by atoms with Crippen molar-refractivity contribution in [1.82, 2.24) is 0 Å². The Morgan fingerprint density at radius 3 is 2.38 bits per heavy atom. The smallest absolute Gasteiger partial charge is 0.00693 e. The first-order valence-corrected chi connectivity index (χ1v) is 4.11. The van der Waals surface area contributed by atoms with Crippen LogP contribution in [0.4, 0.5) is 0 Å². The highest BCUT2D eigenvalue weighted by atomic mass is 32.1. The van der Waals surface area contributed by atoms with Crippen molar-refractivity contribution in [2.45, 2.75) is 26.2 Å². The van der Waals surface area contributed by atoms with Gasteiger partial charge in [-0.3, -0.25) is 0 Å². The van der Waals surface area contributed by atoms with Gasteiger partial charge < -0.3 is 0 Å². The summed E-state index contributed by atoms with van der Waals surface area (Å²) in [4.78, 5) is 0. The van der Waals surface area contributed by atoms with Crippen molar-refractivity contribution >= 4 is 12.6 Å². The van der Waals surface area contributed by atoms with E-state index in [0.717, 1.165) is 17.6 Å². The summed E-state index contributed by atoms with van der Waals surface area (Å²) in [6.07, 6.45) is 4.27. The maximum Gasteiger partial charge on any atom is -0.00693 e. The molecule has 0 aromatic carbocycles. The molecular weight excluding hydrogens is 116 g/mol. The van der Waals surface area contributed by atoms with Crippen LogP contribution in [0.1, 0.15) is 26.2 Å². The van der Waals surface area contributed by atoms with Crippen molar-refractivity contribution in [3.8, 4) is 0 Å². The van der Waals surface area contributed by atoms with E-state index >= 15 is 0 Å². The van der Waals surface area contributed by atoms with E-state index in [1.807, 2.05) is 0 Å². The Balaban J connectivity index is 2.03. The van der Waals surface area contributed by atoms with Crippen LogP contribution >= 0.6 is 12.6 Å². The van der Waals surface area contributed by atoms with Gasteiger partial charge in [0.2, 0.25) is 0 Å². The second kappa shape index (κ2) is 2.77. The highest BCUT2D eigenvalue weighted by Crippen LogP contribution is 2.36. The van der Waals surface area contributed by atoms with Gasteiger partial charge in [0.25, 0.3) is 0 Å². The first kappa shape index (κ1) is 6.47. The normalized spacial score (nSPS) is 36.8. The highest BCUT2D eigenvalue weighted by molar-refractivity contribution is 7.80. The van der Waals surface area contributed by atoms with E-state index < -0.39 is 0 Å². The molecule has 0 bridgehead atoms. The van der Waals surface area contributed by atoms with Gasteiger partial charge in [-0.05, 0) is 30.4 Å². The maximum atomic E-state index is 4.23. The molecule has 0 radical (unpaired) electrons. The van der Waals surface area contributed by atoms with Crippen LogP contribution < -0.4 is 0 Å². The molecule has 0 aromatic rings. The minimum absolute atomic E-state index is 0.961. The molecule has 0 aliphatic heterocycles. The Kier molecular flexibility index (Phi) is 2.24. The Morgan fingerprint density at radius 1 is 1.38 bits per heavy atom. The topological polar surface area (TPSA) is 0 Å².